The fourth-order valence-electron chi connectivity index (χ4n) is 2.20. The molecule has 1 nitrogen and oxygen atoms in total. The quantitative estimate of drug-likeness (QED) is 0.808. The molecule has 1 atom stereocenters. The third-order valence-electron chi connectivity index (χ3n) is 2.82. The van der Waals surface area contributed by atoms with Crippen LogP contribution in [0.2, 0.25) is 10.0 Å². The monoisotopic (exact) mass is 287 g/mol. The molecule has 0 aliphatic rings. The first kappa shape index (κ1) is 15.8. The van der Waals surface area contributed by atoms with Gasteiger partial charge in [-0.3, -0.25) is 0 Å². The van der Waals surface area contributed by atoms with Crippen LogP contribution in [0, 0.1) is 5.41 Å². The minimum atomic E-state index is 0.322. The second-order valence-electron chi connectivity index (χ2n) is 5.97. The van der Waals surface area contributed by atoms with Gasteiger partial charge >= 0.3 is 0 Å². The molecule has 18 heavy (non-hydrogen) atoms. The highest BCUT2D eigenvalue weighted by atomic mass is 35.5. The molecule has 1 aromatic rings. The summed E-state index contributed by atoms with van der Waals surface area (Å²) in [6, 6.07) is 6.38. The molecule has 0 fully saturated rings. The lowest BCUT2D eigenvalue weighted by Gasteiger charge is -2.26. The number of hydrogen-bond donors (Lipinski definition) is 1. The van der Waals surface area contributed by atoms with E-state index in [1.54, 1.807) is 0 Å². The van der Waals surface area contributed by atoms with E-state index in [9.17, 15) is 0 Å². The Hall–Kier alpha value is -0.240. The van der Waals surface area contributed by atoms with Crippen molar-refractivity contribution in [3.05, 3.63) is 33.8 Å². The molecule has 102 valence electrons. The zero-order valence-electron chi connectivity index (χ0n) is 11.7. The van der Waals surface area contributed by atoms with Crippen LogP contribution >= 0.6 is 23.2 Å². The van der Waals surface area contributed by atoms with Crippen molar-refractivity contribution in [2.45, 2.75) is 46.6 Å². The van der Waals surface area contributed by atoms with Gasteiger partial charge < -0.3 is 5.32 Å². The Kier molecular flexibility index (Phi) is 5.97. The van der Waals surface area contributed by atoms with Gasteiger partial charge in [0.1, 0.15) is 0 Å². The van der Waals surface area contributed by atoms with Gasteiger partial charge in [0.15, 0.2) is 0 Å². The Bertz CT molecular complexity index is 383. The summed E-state index contributed by atoms with van der Waals surface area (Å²) in [5, 5.41) is 4.81. The molecule has 0 heterocycles. The van der Waals surface area contributed by atoms with Crippen molar-refractivity contribution in [1.82, 2.24) is 5.32 Å². The maximum atomic E-state index is 6.06. The lowest BCUT2D eigenvalue weighted by molar-refractivity contribution is 0.309. The SMILES string of the molecule is CCNC(Cc1ccc(Cl)c(Cl)c1)CC(C)(C)C. The van der Waals surface area contributed by atoms with Crippen LogP contribution < -0.4 is 5.32 Å². The Morgan fingerprint density at radius 1 is 1.17 bits per heavy atom. The predicted octanol–water partition coefficient (Wildman–Crippen LogP) is 4.95. The first-order valence-electron chi connectivity index (χ1n) is 6.49. The van der Waals surface area contributed by atoms with Gasteiger partial charge in [0, 0.05) is 6.04 Å². The summed E-state index contributed by atoms with van der Waals surface area (Å²) in [5.74, 6) is 0. The molecule has 1 rings (SSSR count). The average molecular weight is 288 g/mol. The van der Waals surface area contributed by atoms with Crippen LogP contribution in [0.5, 0.6) is 0 Å². The number of hydrogen-bond acceptors (Lipinski definition) is 1. The molecule has 0 spiro atoms. The minimum absolute atomic E-state index is 0.322. The summed E-state index contributed by atoms with van der Waals surface area (Å²) in [6.45, 7) is 9.94. The summed E-state index contributed by atoms with van der Waals surface area (Å²) < 4.78 is 0. The number of benzene rings is 1. The second-order valence-corrected chi connectivity index (χ2v) is 6.79. The van der Waals surface area contributed by atoms with Gasteiger partial charge in [0.05, 0.1) is 10.0 Å². The van der Waals surface area contributed by atoms with Gasteiger partial charge in [-0.25, -0.2) is 0 Å². The van der Waals surface area contributed by atoms with Crippen molar-refractivity contribution >= 4 is 23.2 Å². The van der Waals surface area contributed by atoms with E-state index in [0.29, 0.717) is 21.5 Å². The number of halogens is 2. The van der Waals surface area contributed by atoms with E-state index in [4.69, 9.17) is 23.2 Å². The third kappa shape index (κ3) is 5.60. The van der Waals surface area contributed by atoms with Gasteiger partial charge in [-0.2, -0.15) is 0 Å². The largest absolute Gasteiger partial charge is 0.314 e. The van der Waals surface area contributed by atoms with Crippen molar-refractivity contribution < 1.29 is 0 Å². The lowest BCUT2D eigenvalue weighted by atomic mass is 9.86. The maximum Gasteiger partial charge on any atom is 0.0595 e. The molecule has 0 aromatic heterocycles. The van der Waals surface area contributed by atoms with Crippen LogP contribution in [0.4, 0.5) is 0 Å². The summed E-state index contributed by atoms with van der Waals surface area (Å²) in [7, 11) is 0. The Labute approximate surface area is 121 Å². The van der Waals surface area contributed by atoms with Crippen LogP contribution in [0.3, 0.4) is 0 Å². The molecule has 3 heteroatoms. The highest BCUT2D eigenvalue weighted by Crippen LogP contribution is 2.26. The molecule has 1 aromatic carbocycles. The van der Waals surface area contributed by atoms with E-state index >= 15 is 0 Å². The van der Waals surface area contributed by atoms with Gasteiger partial charge in [-0.1, -0.05) is 57.0 Å². The molecular weight excluding hydrogens is 265 g/mol. The fourth-order valence-corrected chi connectivity index (χ4v) is 2.52. The second kappa shape index (κ2) is 6.79. The Morgan fingerprint density at radius 2 is 1.83 bits per heavy atom. The molecule has 0 amide bonds. The Balaban J connectivity index is 2.73. The molecule has 0 bridgehead atoms. The van der Waals surface area contributed by atoms with E-state index < -0.39 is 0 Å². The molecule has 1 N–H and O–H groups in total. The summed E-state index contributed by atoms with van der Waals surface area (Å²) in [5.41, 5.74) is 1.56. The standard InChI is InChI=1S/C15H23Cl2N/c1-5-18-12(10-15(2,3)4)8-11-6-7-13(16)14(17)9-11/h6-7,9,12,18H,5,8,10H2,1-4H3. The smallest absolute Gasteiger partial charge is 0.0595 e. The highest BCUT2D eigenvalue weighted by molar-refractivity contribution is 6.42. The lowest BCUT2D eigenvalue weighted by Crippen LogP contribution is -2.34. The molecule has 0 saturated heterocycles. The van der Waals surface area contributed by atoms with E-state index in [1.165, 1.54) is 5.56 Å². The van der Waals surface area contributed by atoms with Crippen molar-refractivity contribution in [3.63, 3.8) is 0 Å². The van der Waals surface area contributed by atoms with E-state index in [2.05, 4.69) is 39.1 Å². The van der Waals surface area contributed by atoms with E-state index in [-0.39, 0.29) is 0 Å². The normalized spacial score (nSPS) is 13.7. The van der Waals surface area contributed by atoms with E-state index in [1.807, 2.05) is 12.1 Å². The van der Waals surface area contributed by atoms with Crippen LogP contribution in [0.15, 0.2) is 18.2 Å². The first-order chi connectivity index (χ1) is 8.31. The summed E-state index contributed by atoms with van der Waals surface area (Å²) >= 11 is 12.0. The summed E-state index contributed by atoms with van der Waals surface area (Å²) in [4.78, 5) is 0. The molecule has 1 unspecified atom stereocenters. The molecule has 0 aliphatic heterocycles. The van der Waals surface area contributed by atoms with Crippen molar-refractivity contribution in [2.24, 2.45) is 5.41 Å². The number of likely N-dealkylation sites (N-methyl/N-ethyl adjacent to an activating group) is 1. The van der Waals surface area contributed by atoms with Gasteiger partial charge in [-0.05, 0) is 42.5 Å². The van der Waals surface area contributed by atoms with E-state index in [0.717, 1.165) is 19.4 Å². The third-order valence-corrected chi connectivity index (χ3v) is 3.56. The topological polar surface area (TPSA) is 12.0 Å². The van der Waals surface area contributed by atoms with Crippen molar-refractivity contribution in [1.29, 1.82) is 0 Å². The van der Waals surface area contributed by atoms with Gasteiger partial charge in [0.25, 0.3) is 0 Å². The Morgan fingerprint density at radius 3 is 2.33 bits per heavy atom. The molecule has 0 saturated carbocycles. The van der Waals surface area contributed by atoms with Crippen LogP contribution in [0.1, 0.15) is 39.7 Å². The van der Waals surface area contributed by atoms with Crippen LogP contribution in [-0.4, -0.2) is 12.6 Å². The highest BCUT2D eigenvalue weighted by Gasteiger charge is 2.18. The minimum Gasteiger partial charge on any atom is -0.314 e. The zero-order chi connectivity index (χ0) is 13.8. The van der Waals surface area contributed by atoms with Crippen LogP contribution in [0.25, 0.3) is 0 Å². The summed E-state index contributed by atoms with van der Waals surface area (Å²) in [6.07, 6.45) is 2.13. The van der Waals surface area contributed by atoms with Gasteiger partial charge in [-0.15, -0.1) is 0 Å². The predicted molar refractivity (Wildman–Crippen MR) is 81.7 cm³/mol. The number of rotatable bonds is 5. The molecular formula is C15H23Cl2N. The van der Waals surface area contributed by atoms with Crippen molar-refractivity contribution in [2.75, 3.05) is 6.54 Å². The molecule has 0 radical (unpaired) electrons. The molecule has 0 aliphatic carbocycles. The maximum absolute atomic E-state index is 6.06. The average Bonchev–Trinajstić information content (AvgIpc) is 2.21. The first-order valence-corrected chi connectivity index (χ1v) is 7.24. The van der Waals surface area contributed by atoms with Crippen molar-refractivity contribution in [3.8, 4) is 0 Å². The fraction of sp³-hybridized carbons (Fsp3) is 0.600. The zero-order valence-corrected chi connectivity index (χ0v) is 13.2. The van der Waals surface area contributed by atoms with Gasteiger partial charge in [0.2, 0.25) is 0 Å². The van der Waals surface area contributed by atoms with Crippen LogP contribution in [-0.2, 0) is 6.42 Å². The number of nitrogens with one attached hydrogen (secondary N) is 1.